The molecule has 0 radical (unpaired) electrons. The summed E-state index contributed by atoms with van der Waals surface area (Å²) in [4.78, 5) is 4.81. The van der Waals surface area contributed by atoms with Gasteiger partial charge in [-0.1, -0.05) is 64.8 Å². The van der Waals surface area contributed by atoms with Crippen LogP contribution in [-0.2, 0) is 18.7 Å². The van der Waals surface area contributed by atoms with E-state index in [0.717, 1.165) is 45.8 Å². The maximum Gasteiger partial charge on any atom is 0.191 e. The van der Waals surface area contributed by atoms with Crippen molar-refractivity contribution in [2.45, 2.75) is 37.2 Å². The van der Waals surface area contributed by atoms with Gasteiger partial charge in [-0.25, -0.2) is 4.98 Å². The third kappa shape index (κ3) is 6.42. The van der Waals surface area contributed by atoms with Gasteiger partial charge in [0.2, 0.25) is 0 Å². The van der Waals surface area contributed by atoms with Crippen molar-refractivity contribution in [2.75, 3.05) is 6.61 Å². The molecule has 4 rings (SSSR count). The fourth-order valence-electron chi connectivity index (χ4n) is 3.35. The monoisotopic (exact) mass is 530 g/mol. The van der Waals surface area contributed by atoms with Crippen molar-refractivity contribution in [3.05, 3.63) is 87.6 Å². The number of ether oxygens (including phenoxy) is 1. The van der Waals surface area contributed by atoms with Crippen LogP contribution in [0, 0.1) is 6.92 Å². The lowest BCUT2D eigenvalue weighted by Crippen LogP contribution is -2.07. The van der Waals surface area contributed by atoms with E-state index in [2.05, 4.69) is 57.9 Å². The first-order valence-electron chi connectivity index (χ1n) is 10.8. The molecule has 176 valence electrons. The Morgan fingerprint density at radius 2 is 2.06 bits per heavy atom. The second kappa shape index (κ2) is 11.9. The van der Waals surface area contributed by atoms with E-state index in [1.54, 1.807) is 41.3 Å². The molecular formula is C25H24Cl2N4OS2. The molecule has 0 aliphatic heterocycles. The molecule has 34 heavy (non-hydrogen) atoms. The van der Waals surface area contributed by atoms with Gasteiger partial charge in [0.1, 0.15) is 16.6 Å². The lowest BCUT2D eigenvalue weighted by molar-refractivity contribution is 0.309. The summed E-state index contributed by atoms with van der Waals surface area (Å²) in [6, 6.07) is 13.6. The number of aryl methyl sites for hydroxylation is 2. The van der Waals surface area contributed by atoms with Crippen molar-refractivity contribution >= 4 is 46.3 Å². The van der Waals surface area contributed by atoms with Crippen molar-refractivity contribution in [1.82, 2.24) is 19.7 Å². The number of hydrogen-bond acceptors (Lipinski definition) is 6. The van der Waals surface area contributed by atoms with Crippen LogP contribution in [0.4, 0.5) is 0 Å². The Bertz CT molecular complexity index is 1270. The first-order valence-corrected chi connectivity index (χ1v) is 13.4. The minimum Gasteiger partial charge on any atom is -0.492 e. The maximum absolute atomic E-state index is 6.17. The molecule has 0 bridgehead atoms. The van der Waals surface area contributed by atoms with Gasteiger partial charge in [0.25, 0.3) is 0 Å². The highest BCUT2D eigenvalue weighted by atomic mass is 35.5. The van der Waals surface area contributed by atoms with Crippen LogP contribution in [0.1, 0.15) is 23.5 Å². The smallest absolute Gasteiger partial charge is 0.191 e. The SMILES string of the molecule is C=CCn1c(CCCOc2ccc(Cl)cc2Cl)nnc1SCc1csc(-c2cccc(C)c2)n1. The van der Waals surface area contributed by atoms with Gasteiger partial charge in [0.15, 0.2) is 5.16 Å². The zero-order chi connectivity index (χ0) is 23.9. The zero-order valence-corrected chi connectivity index (χ0v) is 21.9. The number of benzene rings is 2. The Kier molecular flexibility index (Phi) is 8.67. The van der Waals surface area contributed by atoms with Crippen LogP contribution in [-0.4, -0.2) is 26.4 Å². The molecule has 4 aromatic rings. The van der Waals surface area contributed by atoms with Gasteiger partial charge < -0.3 is 9.30 Å². The Labute approximate surface area is 217 Å². The van der Waals surface area contributed by atoms with Crippen LogP contribution >= 0.6 is 46.3 Å². The normalized spacial score (nSPS) is 11.0. The van der Waals surface area contributed by atoms with Crippen LogP contribution in [0.15, 0.2) is 65.7 Å². The summed E-state index contributed by atoms with van der Waals surface area (Å²) in [5.41, 5.74) is 3.42. The Morgan fingerprint density at radius 3 is 2.85 bits per heavy atom. The topological polar surface area (TPSA) is 52.8 Å². The number of aromatic nitrogens is 4. The minimum atomic E-state index is 0.508. The lowest BCUT2D eigenvalue weighted by atomic mass is 10.1. The number of hydrogen-bond donors (Lipinski definition) is 0. The standard InChI is InChI=1S/C25H24Cl2N4OS2/c1-3-11-31-23(8-5-12-32-22-10-9-19(26)14-21(22)27)29-30-25(31)34-16-20-15-33-24(28-20)18-7-4-6-17(2)13-18/h3-4,6-7,9-10,13-15H,1,5,8,11-12,16H2,2H3. The second-order valence-electron chi connectivity index (χ2n) is 7.63. The van der Waals surface area contributed by atoms with Crippen molar-refractivity contribution in [2.24, 2.45) is 0 Å². The van der Waals surface area contributed by atoms with E-state index in [-0.39, 0.29) is 0 Å². The molecule has 0 unspecified atom stereocenters. The lowest BCUT2D eigenvalue weighted by Gasteiger charge is -2.09. The zero-order valence-electron chi connectivity index (χ0n) is 18.7. The van der Waals surface area contributed by atoms with Crippen molar-refractivity contribution in [3.63, 3.8) is 0 Å². The van der Waals surface area contributed by atoms with E-state index in [4.69, 9.17) is 32.9 Å². The summed E-state index contributed by atoms with van der Waals surface area (Å²) in [7, 11) is 0. The largest absolute Gasteiger partial charge is 0.492 e. The summed E-state index contributed by atoms with van der Waals surface area (Å²) < 4.78 is 7.89. The fourth-order valence-corrected chi connectivity index (χ4v) is 5.59. The molecular weight excluding hydrogens is 507 g/mol. The van der Waals surface area contributed by atoms with E-state index in [9.17, 15) is 0 Å². The van der Waals surface area contributed by atoms with E-state index >= 15 is 0 Å². The Balaban J connectivity index is 1.34. The average Bonchev–Trinajstić information content (AvgIpc) is 3.44. The number of thioether (sulfide) groups is 1. The number of allylic oxidation sites excluding steroid dienone is 1. The second-order valence-corrected chi connectivity index (χ2v) is 10.3. The molecule has 2 aromatic carbocycles. The first kappa shape index (κ1) is 24.8. The van der Waals surface area contributed by atoms with Gasteiger partial charge in [-0.3, -0.25) is 0 Å². The van der Waals surface area contributed by atoms with Crippen LogP contribution in [0.2, 0.25) is 10.0 Å². The van der Waals surface area contributed by atoms with E-state index < -0.39 is 0 Å². The number of rotatable bonds is 11. The van der Waals surface area contributed by atoms with Gasteiger partial charge in [-0.05, 0) is 37.6 Å². The molecule has 2 aromatic heterocycles. The summed E-state index contributed by atoms with van der Waals surface area (Å²) in [5.74, 6) is 2.27. The predicted molar refractivity (Wildman–Crippen MR) is 142 cm³/mol. The number of halogens is 2. The highest BCUT2D eigenvalue weighted by molar-refractivity contribution is 7.98. The Morgan fingerprint density at radius 1 is 1.18 bits per heavy atom. The maximum atomic E-state index is 6.17. The fraction of sp³-hybridized carbons (Fsp3) is 0.240. The summed E-state index contributed by atoms with van der Waals surface area (Å²) in [6.07, 6.45) is 3.38. The van der Waals surface area contributed by atoms with E-state index in [1.807, 2.05) is 6.08 Å². The van der Waals surface area contributed by atoms with E-state index in [1.165, 1.54) is 5.56 Å². The molecule has 0 aliphatic rings. The van der Waals surface area contributed by atoms with Crippen LogP contribution < -0.4 is 4.74 Å². The molecule has 0 spiro atoms. The van der Waals surface area contributed by atoms with Crippen molar-refractivity contribution < 1.29 is 4.74 Å². The molecule has 0 aliphatic carbocycles. The summed E-state index contributed by atoms with van der Waals surface area (Å²) in [6.45, 7) is 7.15. The average molecular weight is 532 g/mol. The van der Waals surface area contributed by atoms with Crippen LogP contribution in [0.5, 0.6) is 5.75 Å². The molecule has 0 atom stereocenters. The van der Waals surface area contributed by atoms with Gasteiger partial charge in [0, 0.05) is 34.7 Å². The highest BCUT2D eigenvalue weighted by Gasteiger charge is 2.13. The van der Waals surface area contributed by atoms with Crippen LogP contribution in [0.3, 0.4) is 0 Å². The van der Waals surface area contributed by atoms with Gasteiger partial charge in [-0.2, -0.15) is 0 Å². The highest BCUT2D eigenvalue weighted by Crippen LogP contribution is 2.29. The molecule has 0 saturated heterocycles. The molecule has 0 fully saturated rings. The van der Waals surface area contributed by atoms with Crippen molar-refractivity contribution in [1.29, 1.82) is 0 Å². The molecule has 0 amide bonds. The molecule has 5 nitrogen and oxygen atoms in total. The molecule has 0 saturated carbocycles. The number of thiazole rings is 1. The van der Waals surface area contributed by atoms with Crippen LogP contribution in [0.25, 0.3) is 10.6 Å². The quantitative estimate of drug-likeness (QED) is 0.114. The first-order chi connectivity index (χ1) is 16.5. The third-order valence-corrected chi connectivity index (χ3v) is 7.44. The molecule has 0 N–H and O–H groups in total. The third-order valence-electron chi connectivity index (χ3n) is 4.97. The van der Waals surface area contributed by atoms with Gasteiger partial charge >= 0.3 is 0 Å². The molecule has 2 heterocycles. The molecule has 9 heteroatoms. The number of nitrogens with zero attached hydrogens (tertiary/aromatic N) is 4. The van der Waals surface area contributed by atoms with Gasteiger partial charge in [0.05, 0.1) is 17.3 Å². The van der Waals surface area contributed by atoms with Crippen molar-refractivity contribution in [3.8, 4) is 16.3 Å². The van der Waals surface area contributed by atoms with E-state index in [0.29, 0.717) is 28.9 Å². The summed E-state index contributed by atoms with van der Waals surface area (Å²) in [5, 5.41) is 13.9. The van der Waals surface area contributed by atoms with Gasteiger partial charge in [-0.15, -0.1) is 28.1 Å². The minimum absolute atomic E-state index is 0.508. The Hall–Kier alpha value is -2.32. The predicted octanol–water partition coefficient (Wildman–Crippen LogP) is 7.51. The summed E-state index contributed by atoms with van der Waals surface area (Å²) >= 11 is 15.4.